The second-order valence-corrected chi connectivity index (χ2v) is 6.14. The molecule has 0 saturated carbocycles. The van der Waals surface area contributed by atoms with Crippen molar-refractivity contribution in [2.75, 3.05) is 11.4 Å². The molecule has 4 heterocycles. The summed E-state index contributed by atoms with van der Waals surface area (Å²) in [6, 6.07) is 2.29. The number of hydrogen-bond donors (Lipinski definition) is 0. The molecule has 3 aromatic rings. The van der Waals surface area contributed by atoms with Crippen molar-refractivity contribution in [3.8, 4) is 0 Å². The van der Waals surface area contributed by atoms with Crippen LogP contribution in [0, 0.1) is 13.8 Å². The minimum Gasteiger partial charge on any atom is -0.361 e. The molecule has 0 spiro atoms. The number of aryl methyl sites for hydroxylation is 2. The highest BCUT2D eigenvalue weighted by atomic mass is 32.1. The quantitative estimate of drug-likeness (QED) is 0.726. The summed E-state index contributed by atoms with van der Waals surface area (Å²) in [7, 11) is 0. The molecule has 3 aromatic heterocycles. The largest absolute Gasteiger partial charge is 0.361 e. The first-order valence-electron chi connectivity index (χ1n) is 6.73. The predicted octanol–water partition coefficient (Wildman–Crippen LogP) is 2.74. The van der Waals surface area contributed by atoms with E-state index in [9.17, 15) is 0 Å². The normalized spacial score (nSPS) is 19.3. The second-order valence-electron chi connectivity index (χ2n) is 5.21. The minimum atomic E-state index is 0.268. The number of hydrogen-bond acceptors (Lipinski definition) is 6. The van der Waals surface area contributed by atoms with Gasteiger partial charge in [-0.2, -0.15) is 0 Å². The molecule has 0 amide bonds. The molecule has 20 heavy (non-hydrogen) atoms. The zero-order valence-electron chi connectivity index (χ0n) is 11.4. The summed E-state index contributed by atoms with van der Waals surface area (Å²) in [6.07, 6.45) is 4.20. The summed E-state index contributed by atoms with van der Waals surface area (Å²) in [5.74, 6) is 0.858. The molecule has 104 valence electrons. The van der Waals surface area contributed by atoms with Gasteiger partial charge in [0.2, 0.25) is 10.1 Å². The first kappa shape index (κ1) is 11.9. The Morgan fingerprint density at radius 3 is 3.05 bits per heavy atom. The van der Waals surface area contributed by atoms with Gasteiger partial charge in [-0.3, -0.25) is 0 Å². The first-order valence-corrected chi connectivity index (χ1v) is 7.55. The summed E-state index contributed by atoms with van der Waals surface area (Å²) in [6.45, 7) is 4.92. The van der Waals surface area contributed by atoms with Crippen LogP contribution in [0.4, 0.5) is 5.13 Å². The Morgan fingerprint density at radius 1 is 1.40 bits per heavy atom. The van der Waals surface area contributed by atoms with Crippen LogP contribution in [0.2, 0.25) is 0 Å². The molecule has 0 radical (unpaired) electrons. The fourth-order valence-corrected chi connectivity index (χ4v) is 3.77. The number of aromatic nitrogens is 4. The molecular weight excluding hydrogens is 274 g/mol. The lowest BCUT2D eigenvalue weighted by Gasteiger charge is -2.21. The van der Waals surface area contributed by atoms with E-state index in [1.54, 1.807) is 11.3 Å². The third-order valence-electron chi connectivity index (χ3n) is 3.64. The molecule has 0 aromatic carbocycles. The van der Waals surface area contributed by atoms with Crippen LogP contribution in [-0.2, 0) is 0 Å². The molecule has 1 aliphatic rings. The summed E-state index contributed by atoms with van der Waals surface area (Å²) < 4.78 is 7.07. The third-order valence-corrected chi connectivity index (χ3v) is 4.60. The third kappa shape index (κ3) is 1.81. The van der Waals surface area contributed by atoms with Crippen LogP contribution in [-0.4, -0.2) is 26.3 Å². The van der Waals surface area contributed by atoms with Gasteiger partial charge in [0.15, 0.2) is 0 Å². The standard InChI is InChI=1S/C13H15N5OS/c1-8-7-18-12(14-8)20-13(15-18)17-5-3-4-11(17)10-6-9(2)19-16-10/h6-7,11H,3-5H2,1-2H3. The number of fused-ring (bicyclic) bond motifs is 1. The van der Waals surface area contributed by atoms with Crippen molar-refractivity contribution in [2.45, 2.75) is 32.7 Å². The zero-order chi connectivity index (χ0) is 13.7. The average molecular weight is 289 g/mol. The summed E-state index contributed by atoms with van der Waals surface area (Å²) >= 11 is 1.63. The van der Waals surface area contributed by atoms with Gasteiger partial charge < -0.3 is 9.42 Å². The van der Waals surface area contributed by atoms with Crippen LogP contribution in [0.3, 0.4) is 0 Å². The predicted molar refractivity (Wildman–Crippen MR) is 76.2 cm³/mol. The van der Waals surface area contributed by atoms with E-state index >= 15 is 0 Å². The molecule has 6 nitrogen and oxygen atoms in total. The van der Waals surface area contributed by atoms with E-state index in [0.29, 0.717) is 0 Å². The van der Waals surface area contributed by atoms with Gasteiger partial charge in [-0.25, -0.2) is 9.50 Å². The monoisotopic (exact) mass is 289 g/mol. The molecule has 0 bridgehead atoms. The Balaban J connectivity index is 1.70. The minimum absolute atomic E-state index is 0.268. The van der Waals surface area contributed by atoms with Gasteiger partial charge in [0.25, 0.3) is 0 Å². The van der Waals surface area contributed by atoms with Gasteiger partial charge in [-0.05, 0) is 26.7 Å². The number of imidazole rings is 1. The van der Waals surface area contributed by atoms with Crippen LogP contribution in [0.15, 0.2) is 16.8 Å². The van der Waals surface area contributed by atoms with Gasteiger partial charge in [-0.15, -0.1) is 5.10 Å². The van der Waals surface area contributed by atoms with E-state index in [4.69, 9.17) is 4.52 Å². The maximum Gasteiger partial charge on any atom is 0.214 e. The molecule has 1 fully saturated rings. The average Bonchev–Trinajstić information content (AvgIpc) is 3.09. The summed E-state index contributed by atoms with van der Waals surface area (Å²) in [4.78, 5) is 7.72. The topological polar surface area (TPSA) is 59.5 Å². The Morgan fingerprint density at radius 2 is 2.30 bits per heavy atom. The first-order chi connectivity index (χ1) is 9.70. The van der Waals surface area contributed by atoms with Crippen molar-refractivity contribution in [1.82, 2.24) is 19.8 Å². The Kier molecular flexibility index (Phi) is 2.56. The van der Waals surface area contributed by atoms with Crippen molar-refractivity contribution in [1.29, 1.82) is 0 Å². The molecule has 0 aliphatic carbocycles. The fourth-order valence-electron chi connectivity index (χ4n) is 2.76. The van der Waals surface area contributed by atoms with Gasteiger partial charge in [0.05, 0.1) is 17.9 Å². The van der Waals surface area contributed by atoms with E-state index in [0.717, 1.165) is 46.6 Å². The highest BCUT2D eigenvalue weighted by Gasteiger charge is 2.31. The second kappa shape index (κ2) is 4.31. The van der Waals surface area contributed by atoms with E-state index in [1.165, 1.54) is 0 Å². The van der Waals surface area contributed by atoms with Gasteiger partial charge in [0, 0.05) is 12.6 Å². The number of anilines is 1. The molecule has 4 rings (SSSR count). The van der Waals surface area contributed by atoms with E-state index in [-0.39, 0.29) is 6.04 Å². The van der Waals surface area contributed by atoms with E-state index < -0.39 is 0 Å². The summed E-state index contributed by atoms with van der Waals surface area (Å²) in [5.41, 5.74) is 2.00. The molecule has 1 unspecified atom stereocenters. The molecular formula is C13H15N5OS. The van der Waals surface area contributed by atoms with Crippen molar-refractivity contribution < 1.29 is 4.52 Å². The lowest BCUT2D eigenvalue weighted by Crippen LogP contribution is -2.22. The molecule has 1 atom stereocenters. The highest BCUT2D eigenvalue weighted by molar-refractivity contribution is 7.20. The number of rotatable bonds is 2. The Labute approximate surface area is 120 Å². The van der Waals surface area contributed by atoms with Gasteiger partial charge in [0.1, 0.15) is 11.5 Å². The molecule has 0 N–H and O–H groups in total. The van der Waals surface area contributed by atoms with E-state index in [2.05, 4.69) is 20.1 Å². The van der Waals surface area contributed by atoms with Crippen LogP contribution in [0.1, 0.15) is 36.0 Å². The number of nitrogens with zero attached hydrogens (tertiary/aromatic N) is 5. The fraction of sp³-hybridized carbons (Fsp3) is 0.462. The molecule has 1 saturated heterocycles. The maximum absolute atomic E-state index is 5.21. The van der Waals surface area contributed by atoms with Crippen LogP contribution >= 0.6 is 11.3 Å². The van der Waals surface area contributed by atoms with Crippen molar-refractivity contribution >= 4 is 21.4 Å². The molecule has 7 heteroatoms. The Hall–Kier alpha value is -1.89. The van der Waals surface area contributed by atoms with Crippen molar-refractivity contribution in [3.05, 3.63) is 29.4 Å². The van der Waals surface area contributed by atoms with Crippen molar-refractivity contribution in [3.63, 3.8) is 0 Å². The zero-order valence-corrected chi connectivity index (χ0v) is 12.2. The molecule has 1 aliphatic heterocycles. The summed E-state index contributed by atoms with van der Waals surface area (Å²) in [5, 5.41) is 9.82. The van der Waals surface area contributed by atoms with Crippen LogP contribution in [0.5, 0.6) is 0 Å². The van der Waals surface area contributed by atoms with Gasteiger partial charge in [-0.1, -0.05) is 16.5 Å². The highest BCUT2D eigenvalue weighted by Crippen LogP contribution is 2.37. The lowest BCUT2D eigenvalue weighted by atomic mass is 10.1. The van der Waals surface area contributed by atoms with Crippen LogP contribution < -0.4 is 4.90 Å². The lowest BCUT2D eigenvalue weighted by molar-refractivity contribution is 0.385. The SMILES string of the molecule is Cc1cn2nc(N3CCCC3c3cc(C)on3)sc2n1. The van der Waals surface area contributed by atoms with Crippen LogP contribution in [0.25, 0.3) is 4.96 Å². The smallest absolute Gasteiger partial charge is 0.214 e. The van der Waals surface area contributed by atoms with E-state index in [1.807, 2.05) is 30.6 Å². The Bertz CT molecular complexity index is 726. The van der Waals surface area contributed by atoms with Crippen molar-refractivity contribution in [2.24, 2.45) is 0 Å². The van der Waals surface area contributed by atoms with Gasteiger partial charge >= 0.3 is 0 Å². The maximum atomic E-state index is 5.21.